The van der Waals surface area contributed by atoms with Gasteiger partial charge in [-0.3, -0.25) is 4.79 Å². The first-order valence-electron chi connectivity index (χ1n) is 4.88. The highest BCUT2D eigenvalue weighted by molar-refractivity contribution is 7.90. The lowest BCUT2D eigenvalue weighted by Gasteiger charge is -2.22. The van der Waals surface area contributed by atoms with Gasteiger partial charge in [-0.1, -0.05) is 0 Å². The zero-order valence-corrected chi connectivity index (χ0v) is 8.64. The van der Waals surface area contributed by atoms with Gasteiger partial charge in [0.15, 0.2) is 0 Å². The number of piperidine rings is 1. The van der Waals surface area contributed by atoms with Crippen LogP contribution in [-0.4, -0.2) is 32.2 Å². The Kier molecular flexibility index (Phi) is 2.48. The van der Waals surface area contributed by atoms with Gasteiger partial charge < -0.3 is 5.32 Å². The number of carbonyl (C=O) groups is 1. The van der Waals surface area contributed by atoms with E-state index in [-0.39, 0.29) is 11.2 Å². The minimum Gasteiger partial charge on any atom is -0.355 e. The molecule has 1 atom stereocenters. The van der Waals surface area contributed by atoms with Crippen molar-refractivity contribution in [1.82, 2.24) is 10.0 Å². The number of hydrogen-bond donors (Lipinski definition) is 2. The SMILES string of the molecule is O=C1NCCC[C@H]1NS(=O)(=O)C1CC1. The van der Waals surface area contributed by atoms with Crippen molar-refractivity contribution in [3.63, 3.8) is 0 Å². The van der Waals surface area contributed by atoms with Gasteiger partial charge in [-0.25, -0.2) is 13.1 Å². The number of nitrogens with one attached hydrogen (secondary N) is 2. The van der Waals surface area contributed by atoms with Crippen molar-refractivity contribution in [3.8, 4) is 0 Å². The van der Waals surface area contributed by atoms with Crippen molar-refractivity contribution >= 4 is 15.9 Å². The van der Waals surface area contributed by atoms with Crippen LogP contribution in [0.15, 0.2) is 0 Å². The normalized spacial score (nSPS) is 28.6. The second-order valence-corrected chi connectivity index (χ2v) is 5.84. The van der Waals surface area contributed by atoms with Crippen LogP contribution in [0.1, 0.15) is 25.7 Å². The molecule has 5 nitrogen and oxygen atoms in total. The third-order valence-corrected chi connectivity index (χ3v) is 4.52. The second-order valence-electron chi connectivity index (χ2n) is 3.85. The second kappa shape index (κ2) is 3.51. The van der Waals surface area contributed by atoms with Crippen molar-refractivity contribution in [2.45, 2.75) is 37.0 Å². The summed E-state index contributed by atoms with van der Waals surface area (Å²) in [5, 5.41) is 2.40. The molecule has 1 aliphatic heterocycles. The maximum absolute atomic E-state index is 11.5. The summed E-state index contributed by atoms with van der Waals surface area (Å²) >= 11 is 0. The quantitative estimate of drug-likeness (QED) is 0.661. The first kappa shape index (κ1) is 9.92. The Morgan fingerprint density at radius 2 is 2.00 bits per heavy atom. The zero-order valence-electron chi connectivity index (χ0n) is 7.82. The fourth-order valence-electron chi connectivity index (χ4n) is 1.56. The maximum Gasteiger partial charge on any atom is 0.238 e. The maximum atomic E-state index is 11.5. The first-order chi connectivity index (χ1) is 6.59. The van der Waals surface area contributed by atoms with E-state index >= 15 is 0 Å². The molecule has 1 heterocycles. The highest BCUT2D eigenvalue weighted by Crippen LogP contribution is 2.27. The van der Waals surface area contributed by atoms with Crippen LogP contribution >= 0.6 is 0 Å². The lowest BCUT2D eigenvalue weighted by Crippen LogP contribution is -2.50. The Bertz CT molecular complexity index is 334. The monoisotopic (exact) mass is 218 g/mol. The van der Waals surface area contributed by atoms with Gasteiger partial charge in [-0.2, -0.15) is 0 Å². The Labute approximate surface area is 83.3 Å². The van der Waals surface area contributed by atoms with Gasteiger partial charge in [0, 0.05) is 6.54 Å². The molecule has 2 rings (SSSR count). The van der Waals surface area contributed by atoms with Crippen LogP contribution < -0.4 is 10.0 Å². The van der Waals surface area contributed by atoms with Crippen LogP contribution in [-0.2, 0) is 14.8 Å². The summed E-state index contributed by atoms with van der Waals surface area (Å²) in [5.41, 5.74) is 0. The lowest BCUT2D eigenvalue weighted by atomic mass is 10.1. The summed E-state index contributed by atoms with van der Waals surface area (Å²) < 4.78 is 25.5. The fourth-order valence-corrected chi connectivity index (χ4v) is 3.13. The zero-order chi connectivity index (χ0) is 10.2. The highest BCUT2D eigenvalue weighted by atomic mass is 32.2. The molecule has 1 saturated heterocycles. The molecule has 14 heavy (non-hydrogen) atoms. The highest BCUT2D eigenvalue weighted by Gasteiger charge is 2.38. The average Bonchev–Trinajstić information content (AvgIpc) is 2.91. The fraction of sp³-hybridized carbons (Fsp3) is 0.875. The molecule has 80 valence electrons. The van der Waals surface area contributed by atoms with Gasteiger partial charge in [0.25, 0.3) is 0 Å². The summed E-state index contributed by atoms with van der Waals surface area (Å²) in [5.74, 6) is -0.194. The van der Waals surface area contributed by atoms with E-state index in [0.29, 0.717) is 13.0 Å². The molecule has 6 heteroatoms. The van der Waals surface area contributed by atoms with Crippen molar-refractivity contribution in [2.75, 3.05) is 6.54 Å². The smallest absolute Gasteiger partial charge is 0.238 e. The third kappa shape index (κ3) is 2.06. The van der Waals surface area contributed by atoms with E-state index in [1.165, 1.54) is 0 Å². The predicted molar refractivity (Wildman–Crippen MR) is 51.1 cm³/mol. The van der Waals surface area contributed by atoms with Crippen LogP contribution in [0.4, 0.5) is 0 Å². The molecule has 0 aromatic rings. The van der Waals surface area contributed by atoms with E-state index in [1.807, 2.05) is 0 Å². The summed E-state index contributed by atoms with van der Waals surface area (Å²) in [4.78, 5) is 11.3. The molecule has 1 amide bonds. The van der Waals surface area contributed by atoms with Gasteiger partial charge in [-0.05, 0) is 25.7 Å². The van der Waals surface area contributed by atoms with Gasteiger partial charge in [-0.15, -0.1) is 0 Å². The minimum atomic E-state index is -3.23. The van der Waals surface area contributed by atoms with Crippen molar-refractivity contribution in [2.24, 2.45) is 0 Å². The minimum absolute atomic E-state index is 0.194. The Hall–Kier alpha value is -0.620. The average molecular weight is 218 g/mol. The lowest BCUT2D eigenvalue weighted by molar-refractivity contribution is -0.124. The van der Waals surface area contributed by atoms with Crippen LogP contribution in [0.5, 0.6) is 0 Å². The van der Waals surface area contributed by atoms with Gasteiger partial charge in [0.1, 0.15) is 6.04 Å². The van der Waals surface area contributed by atoms with Crippen LogP contribution in [0.25, 0.3) is 0 Å². The van der Waals surface area contributed by atoms with E-state index in [2.05, 4.69) is 10.0 Å². The third-order valence-electron chi connectivity index (χ3n) is 2.56. The molecule has 2 fully saturated rings. The number of rotatable bonds is 3. The molecule has 0 aromatic carbocycles. The molecule has 0 radical (unpaired) electrons. The topological polar surface area (TPSA) is 75.3 Å². The van der Waals surface area contributed by atoms with Gasteiger partial charge >= 0.3 is 0 Å². The van der Waals surface area contributed by atoms with Gasteiger partial charge in [0.2, 0.25) is 15.9 Å². The van der Waals surface area contributed by atoms with Crippen LogP contribution in [0.3, 0.4) is 0 Å². The molecule has 1 aliphatic carbocycles. The number of carbonyl (C=O) groups excluding carboxylic acids is 1. The largest absolute Gasteiger partial charge is 0.355 e. The first-order valence-corrected chi connectivity index (χ1v) is 6.43. The van der Waals surface area contributed by atoms with Gasteiger partial charge in [0.05, 0.1) is 5.25 Å². The molecular weight excluding hydrogens is 204 g/mol. The summed E-state index contributed by atoms with van der Waals surface area (Å²) in [7, 11) is -3.23. The van der Waals surface area contributed by atoms with Crippen LogP contribution in [0, 0.1) is 0 Å². The van der Waals surface area contributed by atoms with Crippen molar-refractivity contribution in [3.05, 3.63) is 0 Å². The number of amides is 1. The van der Waals surface area contributed by atoms with E-state index in [9.17, 15) is 13.2 Å². The van der Waals surface area contributed by atoms with Crippen molar-refractivity contribution in [1.29, 1.82) is 0 Å². The summed E-state index contributed by atoms with van der Waals surface area (Å²) in [6.45, 7) is 0.653. The number of sulfonamides is 1. The van der Waals surface area contributed by atoms with Crippen molar-refractivity contribution < 1.29 is 13.2 Å². The molecule has 1 saturated carbocycles. The molecule has 0 unspecified atom stereocenters. The number of hydrogen-bond acceptors (Lipinski definition) is 3. The van der Waals surface area contributed by atoms with E-state index in [1.54, 1.807) is 0 Å². The summed E-state index contributed by atoms with van der Waals surface area (Å²) in [6, 6.07) is -0.547. The predicted octanol–water partition coefficient (Wildman–Crippen LogP) is -0.653. The van der Waals surface area contributed by atoms with E-state index < -0.39 is 16.1 Å². The Morgan fingerprint density at radius 1 is 1.29 bits per heavy atom. The summed E-state index contributed by atoms with van der Waals surface area (Å²) in [6.07, 6.45) is 2.90. The molecule has 0 bridgehead atoms. The van der Waals surface area contributed by atoms with E-state index in [4.69, 9.17) is 0 Å². The Morgan fingerprint density at radius 3 is 2.57 bits per heavy atom. The molecular formula is C8H14N2O3S. The van der Waals surface area contributed by atoms with E-state index in [0.717, 1.165) is 19.3 Å². The molecule has 0 spiro atoms. The molecule has 2 N–H and O–H groups in total. The molecule has 0 aromatic heterocycles. The molecule has 2 aliphatic rings. The Balaban J connectivity index is 1.98. The van der Waals surface area contributed by atoms with Crippen LogP contribution in [0.2, 0.25) is 0 Å². The standard InChI is InChI=1S/C8H14N2O3S/c11-8-7(2-1-5-9-8)10-14(12,13)6-3-4-6/h6-7,10H,1-5H2,(H,9,11)/t7-/m1/s1.